The van der Waals surface area contributed by atoms with Crippen molar-refractivity contribution in [2.75, 3.05) is 6.61 Å². The zero-order valence-corrected chi connectivity index (χ0v) is 14.4. The van der Waals surface area contributed by atoms with Gasteiger partial charge in [-0.3, -0.25) is 9.69 Å². The molecule has 0 radical (unpaired) electrons. The van der Waals surface area contributed by atoms with Crippen molar-refractivity contribution in [3.8, 4) is 5.75 Å². The quantitative estimate of drug-likeness (QED) is 0.627. The van der Waals surface area contributed by atoms with Crippen molar-refractivity contribution in [1.82, 2.24) is 4.90 Å². The van der Waals surface area contributed by atoms with E-state index in [9.17, 15) is 9.59 Å². The van der Waals surface area contributed by atoms with Crippen LogP contribution >= 0.6 is 24.0 Å². The Kier molecular flexibility index (Phi) is 5.79. The summed E-state index contributed by atoms with van der Waals surface area (Å²) in [4.78, 5) is 25.0. The molecule has 23 heavy (non-hydrogen) atoms. The van der Waals surface area contributed by atoms with Crippen LogP contribution in [0.1, 0.15) is 25.8 Å². The highest BCUT2D eigenvalue weighted by Gasteiger charge is 2.38. The van der Waals surface area contributed by atoms with Gasteiger partial charge in [0.25, 0.3) is 5.91 Å². The van der Waals surface area contributed by atoms with Gasteiger partial charge in [0.05, 0.1) is 11.5 Å². The summed E-state index contributed by atoms with van der Waals surface area (Å²) < 4.78 is 5.82. The fraction of sp³-hybridized carbons (Fsp3) is 0.312. The second-order valence-electron chi connectivity index (χ2n) is 4.99. The molecule has 122 valence electrons. The Bertz CT molecular complexity index is 672. The van der Waals surface area contributed by atoms with Crippen molar-refractivity contribution in [3.63, 3.8) is 0 Å². The molecule has 0 bridgehead atoms. The molecule has 0 unspecified atom stereocenters. The second kappa shape index (κ2) is 7.61. The minimum atomic E-state index is -1.09. The molecule has 1 aromatic rings. The molecule has 7 heteroatoms. The summed E-state index contributed by atoms with van der Waals surface area (Å²) in [5.41, 5.74) is 0.807. The fourth-order valence-electron chi connectivity index (χ4n) is 1.99. The molecule has 1 fully saturated rings. The van der Waals surface area contributed by atoms with Gasteiger partial charge in [-0.1, -0.05) is 43.0 Å². The van der Waals surface area contributed by atoms with E-state index in [1.54, 1.807) is 6.08 Å². The molecule has 0 aromatic heterocycles. The predicted octanol–water partition coefficient (Wildman–Crippen LogP) is 3.15. The van der Waals surface area contributed by atoms with Crippen molar-refractivity contribution in [2.24, 2.45) is 0 Å². The molecule has 0 aliphatic carbocycles. The molecule has 1 heterocycles. The van der Waals surface area contributed by atoms with Gasteiger partial charge < -0.3 is 9.84 Å². The largest absolute Gasteiger partial charge is 0.494 e. The maximum atomic E-state index is 12.4. The summed E-state index contributed by atoms with van der Waals surface area (Å²) in [6.07, 6.45) is 2.61. The van der Waals surface area contributed by atoms with Gasteiger partial charge in [-0.25, -0.2) is 4.79 Å². The standard InChI is InChI=1S/C16H17NO4S2/c1-3-7-21-12-6-4-5-11(8-12)9-13-14(18)17(16(22)23-13)10(2)15(19)20/h4-6,8-10H,3,7H2,1-2H3,(H,19,20)/b13-9+/t10-/m1/s1. The molecule has 5 nitrogen and oxygen atoms in total. The van der Waals surface area contributed by atoms with E-state index in [1.807, 2.05) is 31.2 Å². The van der Waals surface area contributed by atoms with Crippen LogP contribution < -0.4 is 4.74 Å². The van der Waals surface area contributed by atoms with Crippen molar-refractivity contribution >= 4 is 46.3 Å². The van der Waals surface area contributed by atoms with Gasteiger partial charge >= 0.3 is 5.97 Å². The van der Waals surface area contributed by atoms with E-state index in [-0.39, 0.29) is 10.2 Å². The summed E-state index contributed by atoms with van der Waals surface area (Å²) >= 11 is 6.24. The number of rotatable bonds is 6. The van der Waals surface area contributed by atoms with Crippen LogP contribution in [0.2, 0.25) is 0 Å². The number of carboxylic acid groups (broad SMARTS) is 1. The Morgan fingerprint density at radius 3 is 2.91 bits per heavy atom. The number of carbonyl (C=O) groups excluding carboxylic acids is 1. The number of carbonyl (C=O) groups is 2. The zero-order valence-electron chi connectivity index (χ0n) is 12.8. The lowest BCUT2D eigenvalue weighted by Gasteiger charge is -2.18. The minimum absolute atomic E-state index is 0.259. The number of nitrogens with zero attached hydrogens (tertiary/aromatic N) is 1. The zero-order chi connectivity index (χ0) is 17.0. The van der Waals surface area contributed by atoms with Crippen LogP contribution in [0.5, 0.6) is 5.75 Å². The Labute approximate surface area is 144 Å². The van der Waals surface area contributed by atoms with E-state index < -0.39 is 12.0 Å². The van der Waals surface area contributed by atoms with Crippen LogP contribution in [0, 0.1) is 0 Å². The maximum absolute atomic E-state index is 12.4. The topological polar surface area (TPSA) is 66.8 Å². The maximum Gasteiger partial charge on any atom is 0.326 e. The van der Waals surface area contributed by atoms with Crippen LogP contribution in [0.4, 0.5) is 0 Å². The molecular weight excluding hydrogens is 334 g/mol. The highest BCUT2D eigenvalue weighted by molar-refractivity contribution is 8.26. The number of hydrogen-bond acceptors (Lipinski definition) is 5. The molecule has 1 aliphatic rings. The molecule has 1 aliphatic heterocycles. The lowest BCUT2D eigenvalue weighted by molar-refractivity contribution is -0.144. The first-order chi connectivity index (χ1) is 10.9. The highest BCUT2D eigenvalue weighted by atomic mass is 32.2. The van der Waals surface area contributed by atoms with Gasteiger partial charge in [-0.15, -0.1) is 0 Å². The van der Waals surface area contributed by atoms with E-state index in [0.717, 1.165) is 34.4 Å². The van der Waals surface area contributed by atoms with Crippen molar-refractivity contribution in [1.29, 1.82) is 0 Å². The van der Waals surface area contributed by atoms with Crippen LogP contribution in [-0.4, -0.2) is 38.9 Å². The first kappa shape index (κ1) is 17.5. The van der Waals surface area contributed by atoms with Gasteiger partial charge in [-0.05, 0) is 37.1 Å². The Morgan fingerprint density at radius 1 is 1.52 bits per heavy atom. The van der Waals surface area contributed by atoms with Gasteiger partial charge in [0.15, 0.2) is 0 Å². The number of ether oxygens (including phenoxy) is 1. The fourth-order valence-corrected chi connectivity index (χ4v) is 3.41. The lowest BCUT2D eigenvalue weighted by Crippen LogP contribution is -2.41. The summed E-state index contributed by atoms with van der Waals surface area (Å²) in [5, 5.41) is 9.07. The Morgan fingerprint density at radius 2 is 2.26 bits per heavy atom. The summed E-state index contributed by atoms with van der Waals surface area (Å²) in [5.74, 6) is -0.734. The number of amides is 1. The molecular formula is C16H17NO4S2. The number of hydrogen-bond donors (Lipinski definition) is 1. The van der Waals surface area contributed by atoms with Crippen LogP contribution in [0.25, 0.3) is 6.08 Å². The molecule has 2 rings (SSSR count). The molecule has 1 saturated heterocycles. The van der Waals surface area contributed by atoms with Gasteiger partial charge in [-0.2, -0.15) is 0 Å². The molecule has 1 N–H and O–H groups in total. The third-order valence-corrected chi connectivity index (χ3v) is 4.53. The molecule has 1 aromatic carbocycles. The van der Waals surface area contributed by atoms with Crippen molar-refractivity contribution < 1.29 is 19.4 Å². The van der Waals surface area contributed by atoms with Crippen molar-refractivity contribution in [2.45, 2.75) is 26.3 Å². The van der Waals surface area contributed by atoms with Crippen molar-refractivity contribution in [3.05, 3.63) is 34.7 Å². The lowest BCUT2D eigenvalue weighted by atomic mass is 10.2. The summed E-state index contributed by atoms with van der Waals surface area (Å²) in [7, 11) is 0. The number of carboxylic acids is 1. The summed E-state index contributed by atoms with van der Waals surface area (Å²) in [6.45, 7) is 4.09. The summed E-state index contributed by atoms with van der Waals surface area (Å²) in [6, 6.07) is 6.41. The average Bonchev–Trinajstić information content (AvgIpc) is 2.79. The molecule has 0 spiro atoms. The Hall–Kier alpha value is -1.86. The van der Waals surface area contributed by atoms with E-state index in [2.05, 4.69) is 0 Å². The van der Waals surface area contributed by atoms with Crippen LogP contribution in [0.15, 0.2) is 29.2 Å². The highest BCUT2D eigenvalue weighted by Crippen LogP contribution is 2.34. The predicted molar refractivity (Wildman–Crippen MR) is 94.3 cm³/mol. The van der Waals surface area contributed by atoms with Gasteiger partial charge in [0.1, 0.15) is 16.1 Å². The normalized spacial score (nSPS) is 17.7. The van der Waals surface area contributed by atoms with Gasteiger partial charge in [0.2, 0.25) is 0 Å². The van der Waals surface area contributed by atoms with E-state index in [4.69, 9.17) is 22.1 Å². The third kappa shape index (κ3) is 4.11. The molecule has 1 amide bonds. The van der Waals surface area contributed by atoms with E-state index >= 15 is 0 Å². The number of benzene rings is 1. The van der Waals surface area contributed by atoms with Gasteiger partial charge in [0, 0.05) is 0 Å². The van der Waals surface area contributed by atoms with E-state index in [1.165, 1.54) is 6.92 Å². The third-order valence-electron chi connectivity index (χ3n) is 3.20. The first-order valence-electron chi connectivity index (χ1n) is 7.16. The first-order valence-corrected chi connectivity index (χ1v) is 8.39. The van der Waals surface area contributed by atoms with Crippen LogP contribution in [0.3, 0.4) is 0 Å². The SMILES string of the molecule is CCCOc1cccc(/C=C2/SC(=S)N([C@H](C)C(=O)O)C2=O)c1. The number of thiocarbonyl (C=S) groups is 1. The molecule has 0 saturated carbocycles. The number of thioether (sulfide) groups is 1. The number of aliphatic carboxylic acids is 1. The smallest absolute Gasteiger partial charge is 0.326 e. The second-order valence-corrected chi connectivity index (χ2v) is 6.66. The van der Waals surface area contributed by atoms with Crippen LogP contribution in [-0.2, 0) is 9.59 Å². The monoisotopic (exact) mass is 351 g/mol. The van der Waals surface area contributed by atoms with E-state index in [0.29, 0.717) is 11.5 Å². The Balaban J connectivity index is 2.22. The molecule has 1 atom stereocenters. The average molecular weight is 351 g/mol. The minimum Gasteiger partial charge on any atom is -0.494 e.